The van der Waals surface area contributed by atoms with Gasteiger partial charge in [0, 0.05) is 22.3 Å². The van der Waals surface area contributed by atoms with E-state index in [2.05, 4.69) is 139 Å². The van der Waals surface area contributed by atoms with Gasteiger partial charge in [-0.25, -0.2) is 10.0 Å². The summed E-state index contributed by atoms with van der Waals surface area (Å²) >= 11 is 1.73. The van der Waals surface area contributed by atoms with Gasteiger partial charge in [-0.2, -0.15) is 10.2 Å². The van der Waals surface area contributed by atoms with Gasteiger partial charge in [-0.15, -0.1) is 0 Å². The van der Waals surface area contributed by atoms with Crippen molar-refractivity contribution in [2.45, 2.75) is 18.8 Å². The van der Waals surface area contributed by atoms with Crippen LogP contribution in [0.15, 0.2) is 144 Å². The molecule has 0 aliphatic carbocycles. The molecule has 5 heteroatoms. The van der Waals surface area contributed by atoms with E-state index in [1.165, 1.54) is 11.1 Å². The summed E-state index contributed by atoms with van der Waals surface area (Å²) in [6, 6.07) is 46.5. The number of nitrogens with zero attached hydrogens (tertiary/aromatic N) is 4. The van der Waals surface area contributed by atoms with Crippen molar-refractivity contribution in [2.24, 2.45) is 10.2 Å². The molecule has 5 aromatic carbocycles. The van der Waals surface area contributed by atoms with Gasteiger partial charge in [0.2, 0.25) is 4.99 Å². The first kappa shape index (κ1) is 24.4. The SMILES string of the molecule is Cc1ccc(C)c(C2=NN(c3ccccc3)[C@@]3(SC(c4ccccc4)=NN3c3ccccc3)c3ccccc32)c1. The number of hydrogen-bond donors (Lipinski definition) is 0. The number of hydrogen-bond acceptors (Lipinski definition) is 5. The Balaban J connectivity index is 1.54. The van der Waals surface area contributed by atoms with Crippen molar-refractivity contribution in [2.75, 3.05) is 10.0 Å². The Bertz CT molecular complexity index is 1750. The van der Waals surface area contributed by atoms with Gasteiger partial charge in [0.05, 0.1) is 17.1 Å². The molecule has 40 heavy (non-hydrogen) atoms. The molecule has 0 saturated heterocycles. The smallest absolute Gasteiger partial charge is 0.223 e. The minimum absolute atomic E-state index is 0.786. The molecule has 0 N–H and O–H groups in total. The summed E-state index contributed by atoms with van der Waals surface area (Å²) in [7, 11) is 0. The van der Waals surface area contributed by atoms with Gasteiger partial charge in [-0.1, -0.05) is 109 Å². The van der Waals surface area contributed by atoms with E-state index >= 15 is 0 Å². The van der Waals surface area contributed by atoms with Gasteiger partial charge in [0.1, 0.15) is 5.04 Å². The van der Waals surface area contributed by atoms with Gasteiger partial charge in [0.25, 0.3) is 0 Å². The summed E-state index contributed by atoms with van der Waals surface area (Å²) in [6.45, 7) is 4.30. The molecule has 2 aliphatic heterocycles. The molecule has 0 aromatic heterocycles. The lowest BCUT2D eigenvalue weighted by Gasteiger charge is -2.47. The molecule has 0 radical (unpaired) electrons. The molecular weight excluding hydrogens is 508 g/mol. The minimum atomic E-state index is -0.786. The number of anilines is 2. The topological polar surface area (TPSA) is 31.2 Å². The second kappa shape index (κ2) is 9.85. The van der Waals surface area contributed by atoms with Crippen molar-refractivity contribution in [3.05, 3.63) is 167 Å². The van der Waals surface area contributed by atoms with E-state index < -0.39 is 4.99 Å². The maximum atomic E-state index is 5.52. The number of para-hydroxylation sites is 2. The monoisotopic (exact) mass is 536 g/mol. The molecule has 4 nitrogen and oxygen atoms in total. The lowest BCUT2D eigenvalue weighted by Crippen LogP contribution is -2.54. The van der Waals surface area contributed by atoms with E-state index in [1.807, 2.05) is 18.2 Å². The largest absolute Gasteiger partial charge is 0.234 e. The van der Waals surface area contributed by atoms with Crippen LogP contribution in [-0.2, 0) is 4.99 Å². The third-order valence-corrected chi connectivity index (χ3v) is 8.77. The summed E-state index contributed by atoms with van der Waals surface area (Å²) in [5, 5.41) is 16.1. The van der Waals surface area contributed by atoms with Crippen LogP contribution in [0.5, 0.6) is 0 Å². The zero-order chi connectivity index (χ0) is 27.1. The second-order valence-electron chi connectivity index (χ2n) is 10.1. The van der Waals surface area contributed by atoms with E-state index in [4.69, 9.17) is 10.2 Å². The van der Waals surface area contributed by atoms with Crippen LogP contribution in [0.2, 0.25) is 0 Å². The minimum Gasteiger partial charge on any atom is -0.223 e. The van der Waals surface area contributed by atoms with Crippen LogP contribution < -0.4 is 10.0 Å². The molecule has 0 saturated carbocycles. The lowest BCUT2D eigenvalue weighted by atomic mass is 9.90. The van der Waals surface area contributed by atoms with Crippen molar-refractivity contribution in [1.29, 1.82) is 0 Å². The predicted octanol–water partition coefficient (Wildman–Crippen LogP) is 8.30. The highest BCUT2D eigenvalue weighted by molar-refractivity contribution is 8.15. The van der Waals surface area contributed by atoms with Crippen LogP contribution in [0.4, 0.5) is 11.4 Å². The third-order valence-electron chi connectivity index (χ3n) is 7.41. The van der Waals surface area contributed by atoms with Crippen molar-refractivity contribution in [3.63, 3.8) is 0 Å². The Morgan fingerprint density at radius 3 is 1.82 bits per heavy atom. The Labute approximate surface area is 239 Å². The molecule has 0 amide bonds. The average Bonchev–Trinajstić information content (AvgIpc) is 3.41. The summed E-state index contributed by atoms with van der Waals surface area (Å²) in [6.07, 6.45) is 0. The maximum absolute atomic E-state index is 5.52. The van der Waals surface area contributed by atoms with E-state index in [-0.39, 0.29) is 0 Å². The Kier molecular flexibility index (Phi) is 6.02. The predicted molar refractivity (Wildman–Crippen MR) is 168 cm³/mol. The lowest BCUT2D eigenvalue weighted by molar-refractivity contribution is 0.550. The number of fused-ring (bicyclic) bond motifs is 2. The molecule has 2 aliphatic rings. The highest BCUT2D eigenvalue weighted by Gasteiger charge is 2.55. The van der Waals surface area contributed by atoms with E-state index in [9.17, 15) is 0 Å². The van der Waals surface area contributed by atoms with Crippen LogP contribution >= 0.6 is 11.8 Å². The average molecular weight is 537 g/mol. The van der Waals surface area contributed by atoms with Gasteiger partial charge in [0.15, 0.2) is 0 Å². The molecule has 194 valence electrons. The van der Waals surface area contributed by atoms with Gasteiger partial charge >= 0.3 is 0 Å². The fourth-order valence-electron chi connectivity index (χ4n) is 5.46. The Morgan fingerprint density at radius 2 is 1.15 bits per heavy atom. The summed E-state index contributed by atoms with van der Waals surface area (Å²) in [5.74, 6) is 0. The number of thioether (sulfide) groups is 1. The number of hydrazone groups is 2. The first-order valence-electron chi connectivity index (χ1n) is 13.4. The number of benzene rings is 5. The first-order chi connectivity index (χ1) is 19.6. The highest BCUT2D eigenvalue weighted by atomic mass is 32.2. The zero-order valence-corrected chi connectivity index (χ0v) is 23.2. The van der Waals surface area contributed by atoms with Crippen molar-refractivity contribution in [3.8, 4) is 0 Å². The zero-order valence-electron chi connectivity index (χ0n) is 22.4. The van der Waals surface area contributed by atoms with E-state index in [1.54, 1.807) is 11.8 Å². The van der Waals surface area contributed by atoms with Crippen LogP contribution in [0.3, 0.4) is 0 Å². The normalized spacial score (nSPS) is 17.9. The molecule has 5 aromatic rings. The summed E-state index contributed by atoms with van der Waals surface area (Å²) in [4.78, 5) is -0.786. The number of aryl methyl sites for hydroxylation is 2. The fraction of sp³-hybridized carbons (Fsp3) is 0.0857. The quantitative estimate of drug-likeness (QED) is 0.231. The molecule has 7 rings (SSSR count). The Hall–Kier alpha value is -4.61. The third kappa shape index (κ3) is 3.93. The van der Waals surface area contributed by atoms with Gasteiger partial charge in [-0.05, 0) is 61.5 Å². The number of rotatable bonds is 4. The molecule has 2 heterocycles. The summed E-state index contributed by atoms with van der Waals surface area (Å²) in [5.41, 5.74) is 9.86. The molecular formula is C35H28N4S. The van der Waals surface area contributed by atoms with Gasteiger partial charge in [-0.3, -0.25) is 0 Å². The Morgan fingerprint density at radius 1 is 0.575 bits per heavy atom. The molecule has 0 unspecified atom stereocenters. The van der Waals surface area contributed by atoms with Crippen molar-refractivity contribution in [1.82, 2.24) is 0 Å². The van der Waals surface area contributed by atoms with E-state index in [0.29, 0.717) is 0 Å². The van der Waals surface area contributed by atoms with E-state index in [0.717, 1.165) is 44.4 Å². The van der Waals surface area contributed by atoms with Gasteiger partial charge < -0.3 is 0 Å². The van der Waals surface area contributed by atoms with Crippen molar-refractivity contribution < 1.29 is 0 Å². The van der Waals surface area contributed by atoms with Crippen LogP contribution in [0.1, 0.15) is 33.4 Å². The maximum Gasteiger partial charge on any atom is 0.234 e. The molecule has 0 fully saturated rings. The van der Waals surface area contributed by atoms with Crippen LogP contribution in [-0.4, -0.2) is 10.8 Å². The fourth-order valence-corrected chi connectivity index (χ4v) is 6.86. The van der Waals surface area contributed by atoms with Crippen LogP contribution in [0, 0.1) is 13.8 Å². The van der Waals surface area contributed by atoms with Crippen LogP contribution in [0.25, 0.3) is 0 Å². The molecule has 0 bridgehead atoms. The standard InChI is InChI=1S/C35H28N4S/c1-25-22-23-26(2)31(24-25)33-30-20-12-13-21-32(30)35(38(36-33)28-16-8-4-9-17-28)39(29-18-10-5-11-19-29)37-34(40-35)27-14-6-3-7-15-27/h3-24H,1-2H3/t35-/m0/s1. The molecule has 1 atom stereocenters. The summed E-state index contributed by atoms with van der Waals surface area (Å²) < 4.78 is 0. The second-order valence-corrected chi connectivity index (χ2v) is 11.2. The first-order valence-corrected chi connectivity index (χ1v) is 14.3. The highest BCUT2D eigenvalue weighted by Crippen LogP contribution is 2.55. The van der Waals surface area contributed by atoms with Crippen molar-refractivity contribution >= 4 is 33.9 Å². The molecule has 1 spiro atoms.